The largest absolute Gasteiger partial charge is 0.340 e. The van der Waals surface area contributed by atoms with E-state index in [1.807, 2.05) is 31.9 Å². The van der Waals surface area contributed by atoms with Crippen LogP contribution in [-0.4, -0.2) is 52.7 Å². The molecule has 110 valence electrons. The summed E-state index contributed by atoms with van der Waals surface area (Å²) in [4.78, 5) is 22.9. The van der Waals surface area contributed by atoms with Crippen LogP contribution in [-0.2, 0) is 4.79 Å². The van der Waals surface area contributed by atoms with Gasteiger partial charge in [0.1, 0.15) is 0 Å². The Morgan fingerprint density at radius 1 is 1.45 bits per heavy atom. The summed E-state index contributed by atoms with van der Waals surface area (Å²) in [5, 5.41) is 3.94. The standard InChI is InChI=1S/C14H22N4OS/c1-10-7-11(2)17-14(16-10)20-9-13(19)18-6-4-5-12(8-18)15-3/h7,12,15H,4-6,8-9H2,1-3H3. The highest BCUT2D eigenvalue weighted by Gasteiger charge is 2.22. The summed E-state index contributed by atoms with van der Waals surface area (Å²) in [5.41, 5.74) is 1.89. The van der Waals surface area contributed by atoms with E-state index in [9.17, 15) is 4.79 Å². The molecule has 0 aromatic carbocycles. The lowest BCUT2D eigenvalue weighted by molar-refractivity contribution is -0.129. The van der Waals surface area contributed by atoms with E-state index in [4.69, 9.17) is 0 Å². The number of nitrogens with one attached hydrogen (secondary N) is 1. The molecule has 1 N–H and O–H groups in total. The van der Waals surface area contributed by atoms with Crippen molar-refractivity contribution in [2.24, 2.45) is 0 Å². The van der Waals surface area contributed by atoms with Crippen LogP contribution in [0.25, 0.3) is 0 Å². The van der Waals surface area contributed by atoms with Crippen LogP contribution in [0.2, 0.25) is 0 Å². The van der Waals surface area contributed by atoms with Crippen LogP contribution < -0.4 is 5.32 Å². The predicted octanol–water partition coefficient (Wildman–Crippen LogP) is 1.40. The Hall–Kier alpha value is -1.14. The van der Waals surface area contributed by atoms with Crippen molar-refractivity contribution in [3.05, 3.63) is 17.5 Å². The number of likely N-dealkylation sites (tertiary alicyclic amines) is 1. The Labute approximate surface area is 124 Å². The Bertz CT molecular complexity index is 460. The molecule has 0 spiro atoms. The average Bonchev–Trinajstić information content (AvgIpc) is 2.44. The summed E-state index contributed by atoms with van der Waals surface area (Å²) in [5.74, 6) is 0.594. The number of carbonyl (C=O) groups excluding carboxylic acids is 1. The zero-order valence-electron chi connectivity index (χ0n) is 12.3. The van der Waals surface area contributed by atoms with Crippen LogP contribution in [0.3, 0.4) is 0 Å². The first-order valence-corrected chi connectivity index (χ1v) is 7.97. The third-order valence-corrected chi connectivity index (χ3v) is 4.30. The Morgan fingerprint density at radius 3 is 2.80 bits per heavy atom. The van der Waals surface area contributed by atoms with Crippen molar-refractivity contribution in [1.29, 1.82) is 0 Å². The highest BCUT2D eigenvalue weighted by atomic mass is 32.2. The highest BCUT2D eigenvalue weighted by Crippen LogP contribution is 2.17. The van der Waals surface area contributed by atoms with Crippen LogP contribution in [0.15, 0.2) is 11.2 Å². The Balaban J connectivity index is 1.88. The lowest BCUT2D eigenvalue weighted by Crippen LogP contribution is -2.47. The van der Waals surface area contributed by atoms with Crippen molar-refractivity contribution >= 4 is 17.7 Å². The number of thioether (sulfide) groups is 1. The zero-order valence-corrected chi connectivity index (χ0v) is 13.2. The quantitative estimate of drug-likeness (QED) is 0.672. The van der Waals surface area contributed by atoms with Crippen LogP contribution in [0.1, 0.15) is 24.2 Å². The third kappa shape index (κ3) is 4.18. The van der Waals surface area contributed by atoms with Gasteiger partial charge in [-0.3, -0.25) is 4.79 Å². The van der Waals surface area contributed by atoms with E-state index in [1.54, 1.807) is 0 Å². The van der Waals surface area contributed by atoms with Gasteiger partial charge >= 0.3 is 0 Å². The highest BCUT2D eigenvalue weighted by molar-refractivity contribution is 7.99. The molecule has 20 heavy (non-hydrogen) atoms. The summed E-state index contributed by atoms with van der Waals surface area (Å²) in [7, 11) is 1.96. The average molecular weight is 294 g/mol. The summed E-state index contributed by atoms with van der Waals surface area (Å²) >= 11 is 1.43. The first-order chi connectivity index (χ1) is 9.58. The van der Waals surface area contributed by atoms with Gasteiger partial charge in [-0.2, -0.15) is 0 Å². The molecule has 1 saturated heterocycles. The minimum Gasteiger partial charge on any atom is -0.340 e. The molecule has 1 aliphatic rings. The van der Waals surface area contributed by atoms with Crippen LogP contribution in [0.5, 0.6) is 0 Å². The van der Waals surface area contributed by atoms with E-state index in [-0.39, 0.29) is 5.91 Å². The lowest BCUT2D eigenvalue weighted by Gasteiger charge is -2.32. The number of likely N-dealkylation sites (N-methyl/N-ethyl adjacent to an activating group) is 1. The fraction of sp³-hybridized carbons (Fsp3) is 0.643. The number of aromatic nitrogens is 2. The third-order valence-electron chi connectivity index (χ3n) is 3.47. The molecular formula is C14H22N4OS. The Kier molecular flexibility index (Phi) is 5.37. The number of piperidine rings is 1. The summed E-state index contributed by atoms with van der Waals surface area (Å²) in [6.45, 7) is 5.57. The van der Waals surface area contributed by atoms with Crippen molar-refractivity contribution in [2.75, 3.05) is 25.9 Å². The summed E-state index contributed by atoms with van der Waals surface area (Å²) in [6.07, 6.45) is 2.22. The van der Waals surface area contributed by atoms with Crippen molar-refractivity contribution in [1.82, 2.24) is 20.2 Å². The van der Waals surface area contributed by atoms with Crippen molar-refractivity contribution in [3.8, 4) is 0 Å². The van der Waals surface area contributed by atoms with Gasteiger partial charge in [0.25, 0.3) is 0 Å². The predicted molar refractivity (Wildman–Crippen MR) is 80.9 cm³/mol. The monoisotopic (exact) mass is 294 g/mol. The molecule has 1 aromatic rings. The van der Waals surface area contributed by atoms with Crippen molar-refractivity contribution in [3.63, 3.8) is 0 Å². The van der Waals surface area contributed by atoms with Crippen LogP contribution >= 0.6 is 11.8 Å². The van der Waals surface area contributed by atoms with Crippen molar-refractivity contribution in [2.45, 2.75) is 37.9 Å². The molecule has 1 fully saturated rings. The number of amides is 1. The normalized spacial score (nSPS) is 19.1. The molecule has 0 bridgehead atoms. The van der Waals surface area contributed by atoms with Gasteiger partial charge in [0.05, 0.1) is 5.75 Å². The van der Waals surface area contributed by atoms with Gasteiger partial charge in [-0.05, 0) is 39.8 Å². The molecule has 1 unspecified atom stereocenters. The molecule has 5 nitrogen and oxygen atoms in total. The zero-order chi connectivity index (χ0) is 14.5. The number of nitrogens with zero attached hydrogens (tertiary/aromatic N) is 3. The van der Waals surface area contributed by atoms with Gasteiger partial charge in [-0.25, -0.2) is 9.97 Å². The number of rotatable bonds is 4. The van der Waals surface area contributed by atoms with Gasteiger partial charge < -0.3 is 10.2 Å². The maximum Gasteiger partial charge on any atom is 0.233 e. The fourth-order valence-corrected chi connectivity index (χ4v) is 3.27. The van der Waals surface area contributed by atoms with Gasteiger partial charge in [0, 0.05) is 30.5 Å². The van der Waals surface area contributed by atoms with E-state index >= 15 is 0 Å². The van der Waals surface area contributed by atoms with Crippen LogP contribution in [0.4, 0.5) is 0 Å². The molecule has 2 heterocycles. The SMILES string of the molecule is CNC1CCCN(C(=O)CSc2nc(C)cc(C)n2)C1. The minimum absolute atomic E-state index is 0.178. The minimum atomic E-state index is 0.178. The van der Waals surface area contributed by atoms with Gasteiger partial charge in [-0.15, -0.1) is 0 Å². The summed E-state index contributed by atoms with van der Waals surface area (Å²) < 4.78 is 0. The molecule has 1 aliphatic heterocycles. The summed E-state index contributed by atoms with van der Waals surface area (Å²) in [6, 6.07) is 2.36. The second-order valence-corrected chi connectivity index (χ2v) is 6.13. The molecular weight excluding hydrogens is 272 g/mol. The number of hydrogen-bond donors (Lipinski definition) is 1. The van der Waals surface area contributed by atoms with Gasteiger partial charge in [0.15, 0.2) is 5.16 Å². The van der Waals surface area contributed by atoms with E-state index in [2.05, 4.69) is 15.3 Å². The molecule has 0 radical (unpaired) electrons. The van der Waals surface area contributed by atoms with E-state index in [0.29, 0.717) is 17.0 Å². The van der Waals surface area contributed by atoms with E-state index in [0.717, 1.165) is 37.3 Å². The number of hydrogen-bond acceptors (Lipinski definition) is 5. The topological polar surface area (TPSA) is 58.1 Å². The first kappa shape index (κ1) is 15.3. The number of carbonyl (C=O) groups is 1. The molecule has 1 atom stereocenters. The molecule has 0 aliphatic carbocycles. The molecule has 0 saturated carbocycles. The van der Waals surface area contributed by atoms with E-state index < -0.39 is 0 Å². The number of aryl methyl sites for hydroxylation is 2. The van der Waals surface area contributed by atoms with E-state index in [1.165, 1.54) is 11.8 Å². The van der Waals surface area contributed by atoms with Crippen LogP contribution in [0, 0.1) is 13.8 Å². The maximum absolute atomic E-state index is 12.2. The fourth-order valence-electron chi connectivity index (χ4n) is 2.41. The molecule has 1 amide bonds. The van der Waals surface area contributed by atoms with Gasteiger partial charge in [-0.1, -0.05) is 11.8 Å². The first-order valence-electron chi connectivity index (χ1n) is 6.98. The molecule has 6 heteroatoms. The Morgan fingerprint density at radius 2 is 2.15 bits per heavy atom. The van der Waals surface area contributed by atoms with Gasteiger partial charge in [0.2, 0.25) is 5.91 Å². The smallest absolute Gasteiger partial charge is 0.233 e. The molecule has 2 rings (SSSR count). The maximum atomic E-state index is 12.2. The lowest BCUT2D eigenvalue weighted by atomic mass is 10.1. The van der Waals surface area contributed by atoms with Crippen molar-refractivity contribution < 1.29 is 4.79 Å². The second-order valence-electron chi connectivity index (χ2n) is 5.19. The molecule has 1 aromatic heterocycles. The second kappa shape index (κ2) is 7.04.